The molecule has 3 rings (SSSR count). The van der Waals surface area contributed by atoms with Crippen molar-refractivity contribution in [3.63, 3.8) is 0 Å². The highest BCUT2D eigenvalue weighted by Gasteiger charge is 2.39. The maximum absolute atomic E-state index is 12.7. The quantitative estimate of drug-likeness (QED) is 0.846. The predicted molar refractivity (Wildman–Crippen MR) is 94.3 cm³/mol. The summed E-state index contributed by atoms with van der Waals surface area (Å²) in [5.41, 5.74) is 0.998. The number of nitrogens with zero attached hydrogens (tertiary/aromatic N) is 1. The minimum absolute atomic E-state index is 0. The summed E-state index contributed by atoms with van der Waals surface area (Å²) in [6.07, 6.45) is -4.39. The Balaban J connectivity index is 0.00000243. The third-order valence-corrected chi connectivity index (χ3v) is 4.63. The van der Waals surface area contributed by atoms with Crippen LogP contribution in [0.5, 0.6) is 0 Å². The van der Waals surface area contributed by atoms with E-state index in [-0.39, 0.29) is 18.3 Å². The van der Waals surface area contributed by atoms with Crippen LogP contribution in [0.4, 0.5) is 13.2 Å². The maximum atomic E-state index is 12.7. The summed E-state index contributed by atoms with van der Waals surface area (Å²) in [7, 11) is 0. The number of rotatable bonds is 4. The first-order valence-corrected chi connectivity index (χ1v) is 8.01. The second-order valence-corrected chi connectivity index (χ2v) is 6.35. The molecule has 2 atom stereocenters. The molecular formula is C19H19ClF3NO2. The van der Waals surface area contributed by atoms with Crippen LogP contribution in [-0.2, 0) is 17.5 Å². The Morgan fingerprint density at radius 2 is 1.65 bits per heavy atom. The van der Waals surface area contributed by atoms with E-state index in [0.29, 0.717) is 25.2 Å². The van der Waals surface area contributed by atoms with Gasteiger partial charge < -0.3 is 5.11 Å². The van der Waals surface area contributed by atoms with Gasteiger partial charge in [-0.3, -0.25) is 9.69 Å². The molecule has 0 spiro atoms. The van der Waals surface area contributed by atoms with Gasteiger partial charge in [-0.05, 0) is 23.3 Å². The Labute approximate surface area is 155 Å². The smallest absolute Gasteiger partial charge is 0.416 e. The van der Waals surface area contributed by atoms with E-state index in [1.165, 1.54) is 12.1 Å². The molecule has 0 aliphatic carbocycles. The van der Waals surface area contributed by atoms with E-state index in [4.69, 9.17) is 0 Å². The molecule has 1 heterocycles. The van der Waals surface area contributed by atoms with Crippen LogP contribution in [-0.4, -0.2) is 29.1 Å². The summed E-state index contributed by atoms with van der Waals surface area (Å²) in [6, 6.07) is 14.6. The second-order valence-electron chi connectivity index (χ2n) is 6.35. The topological polar surface area (TPSA) is 40.5 Å². The molecule has 1 N–H and O–H groups in total. The molecule has 26 heavy (non-hydrogen) atoms. The fraction of sp³-hybridized carbons (Fsp3) is 0.316. The lowest BCUT2D eigenvalue weighted by atomic mass is 9.88. The first-order chi connectivity index (χ1) is 11.8. The second kappa shape index (κ2) is 8.10. The molecule has 2 aromatic carbocycles. The molecule has 0 amide bonds. The number of benzene rings is 2. The van der Waals surface area contributed by atoms with Gasteiger partial charge in [0.2, 0.25) is 0 Å². The zero-order chi connectivity index (χ0) is 18.0. The van der Waals surface area contributed by atoms with Crippen LogP contribution in [0.2, 0.25) is 0 Å². The summed E-state index contributed by atoms with van der Waals surface area (Å²) in [4.78, 5) is 13.6. The zero-order valence-electron chi connectivity index (χ0n) is 13.8. The van der Waals surface area contributed by atoms with E-state index in [9.17, 15) is 23.1 Å². The molecule has 1 fully saturated rings. The van der Waals surface area contributed by atoms with Crippen molar-refractivity contribution in [2.75, 3.05) is 13.1 Å². The zero-order valence-corrected chi connectivity index (χ0v) is 14.6. The summed E-state index contributed by atoms with van der Waals surface area (Å²) >= 11 is 0. The maximum Gasteiger partial charge on any atom is 0.416 e. The van der Waals surface area contributed by atoms with Gasteiger partial charge in [0, 0.05) is 25.6 Å². The van der Waals surface area contributed by atoms with Gasteiger partial charge in [-0.1, -0.05) is 42.5 Å². The summed E-state index contributed by atoms with van der Waals surface area (Å²) in [5, 5.41) is 9.51. The molecule has 0 radical (unpaired) electrons. The van der Waals surface area contributed by atoms with Crippen LogP contribution in [0.3, 0.4) is 0 Å². The average Bonchev–Trinajstić information content (AvgIpc) is 2.99. The number of alkyl halides is 3. The van der Waals surface area contributed by atoms with Gasteiger partial charge >= 0.3 is 12.1 Å². The third kappa shape index (κ3) is 4.56. The van der Waals surface area contributed by atoms with Gasteiger partial charge in [0.05, 0.1) is 11.5 Å². The fourth-order valence-corrected chi connectivity index (χ4v) is 3.36. The Hall–Kier alpha value is -2.05. The van der Waals surface area contributed by atoms with E-state index in [1.54, 1.807) is 0 Å². The van der Waals surface area contributed by atoms with E-state index < -0.39 is 23.6 Å². The molecule has 1 aliphatic rings. The number of carboxylic acid groups (broad SMARTS) is 1. The molecule has 2 unspecified atom stereocenters. The minimum atomic E-state index is -4.39. The monoisotopic (exact) mass is 385 g/mol. The number of carboxylic acids is 1. The highest BCUT2D eigenvalue weighted by Crippen LogP contribution is 2.36. The number of halogens is 4. The lowest BCUT2D eigenvalue weighted by Gasteiger charge is -2.17. The standard InChI is InChI=1S/C19H18F3NO2.ClH/c20-19(21,22)15-8-6-14(7-9-15)16-11-23(12-17(16)18(24)25)10-13-4-2-1-3-5-13;/h1-9,16-17H,10-12H2,(H,24,25);1H. The van der Waals surface area contributed by atoms with Crippen molar-refractivity contribution in [2.45, 2.75) is 18.6 Å². The SMILES string of the molecule is Cl.O=C(O)C1CN(Cc2ccccc2)CC1c1ccc(C(F)(F)F)cc1. The normalized spacial score (nSPS) is 20.6. The lowest BCUT2D eigenvalue weighted by molar-refractivity contribution is -0.142. The van der Waals surface area contributed by atoms with Crippen molar-refractivity contribution in [2.24, 2.45) is 5.92 Å². The van der Waals surface area contributed by atoms with Crippen molar-refractivity contribution in [3.05, 3.63) is 71.3 Å². The van der Waals surface area contributed by atoms with E-state index >= 15 is 0 Å². The first-order valence-electron chi connectivity index (χ1n) is 8.01. The Kier molecular flexibility index (Phi) is 6.31. The molecule has 0 saturated carbocycles. The first kappa shape index (κ1) is 20.3. The Bertz CT molecular complexity index is 735. The van der Waals surface area contributed by atoms with Crippen LogP contribution < -0.4 is 0 Å². The number of aliphatic carboxylic acids is 1. The number of hydrogen-bond donors (Lipinski definition) is 1. The van der Waals surface area contributed by atoms with Crippen LogP contribution in [0.1, 0.15) is 22.6 Å². The van der Waals surface area contributed by atoms with Crippen molar-refractivity contribution < 1.29 is 23.1 Å². The van der Waals surface area contributed by atoms with Crippen LogP contribution in [0.25, 0.3) is 0 Å². The molecule has 140 valence electrons. The van der Waals surface area contributed by atoms with Crippen LogP contribution in [0.15, 0.2) is 54.6 Å². The molecular weight excluding hydrogens is 367 g/mol. The molecule has 3 nitrogen and oxygen atoms in total. The number of likely N-dealkylation sites (tertiary alicyclic amines) is 1. The van der Waals surface area contributed by atoms with Gasteiger partial charge in [0.15, 0.2) is 0 Å². The van der Waals surface area contributed by atoms with Gasteiger partial charge in [-0.15, -0.1) is 12.4 Å². The predicted octanol–water partition coefficient (Wildman–Crippen LogP) is 4.43. The molecule has 7 heteroatoms. The highest BCUT2D eigenvalue weighted by molar-refractivity contribution is 5.85. The van der Waals surface area contributed by atoms with E-state index in [1.807, 2.05) is 35.2 Å². The van der Waals surface area contributed by atoms with E-state index in [0.717, 1.165) is 17.7 Å². The third-order valence-electron chi connectivity index (χ3n) is 4.63. The largest absolute Gasteiger partial charge is 0.481 e. The lowest BCUT2D eigenvalue weighted by Crippen LogP contribution is -2.23. The van der Waals surface area contributed by atoms with Crippen molar-refractivity contribution in [1.29, 1.82) is 0 Å². The number of carbonyl (C=O) groups is 1. The average molecular weight is 386 g/mol. The molecule has 0 bridgehead atoms. The summed E-state index contributed by atoms with van der Waals surface area (Å²) in [6.45, 7) is 1.52. The van der Waals surface area contributed by atoms with Crippen molar-refractivity contribution in [1.82, 2.24) is 4.90 Å². The molecule has 2 aromatic rings. The van der Waals surface area contributed by atoms with Crippen molar-refractivity contribution in [3.8, 4) is 0 Å². The van der Waals surface area contributed by atoms with Gasteiger partial charge in [0.1, 0.15) is 0 Å². The van der Waals surface area contributed by atoms with Gasteiger partial charge in [0.25, 0.3) is 0 Å². The van der Waals surface area contributed by atoms with E-state index in [2.05, 4.69) is 0 Å². The minimum Gasteiger partial charge on any atom is -0.481 e. The highest BCUT2D eigenvalue weighted by atomic mass is 35.5. The van der Waals surface area contributed by atoms with Crippen LogP contribution >= 0.6 is 12.4 Å². The van der Waals surface area contributed by atoms with Crippen LogP contribution in [0, 0.1) is 5.92 Å². The molecule has 1 saturated heterocycles. The fourth-order valence-electron chi connectivity index (χ4n) is 3.36. The summed E-state index contributed by atoms with van der Waals surface area (Å²) in [5.74, 6) is -1.86. The Morgan fingerprint density at radius 1 is 1.04 bits per heavy atom. The molecule has 1 aliphatic heterocycles. The number of hydrogen-bond acceptors (Lipinski definition) is 2. The molecule has 0 aromatic heterocycles. The van der Waals surface area contributed by atoms with Gasteiger partial charge in [-0.2, -0.15) is 13.2 Å². The Morgan fingerprint density at radius 3 is 2.19 bits per heavy atom. The van der Waals surface area contributed by atoms with Gasteiger partial charge in [-0.25, -0.2) is 0 Å². The summed E-state index contributed by atoms with van der Waals surface area (Å²) < 4.78 is 38.1. The van der Waals surface area contributed by atoms with Crippen molar-refractivity contribution >= 4 is 18.4 Å².